The molecular formula is C20H21N5O2. The number of nitrogens with zero attached hydrogens (tertiary/aromatic N) is 2. The van der Waals surface area contributed by atoms with Crippen LogP contribution in [0.2, 0.25) is 0 Å². The van der Waals surface area contributed by atoms with E-state index >= 15 is 0 Å². The maximum absolute atomic E-state index is 12.6. The van der Waals surface area contributed by atoms with Gasteiger partial charge >= 0.3 is 0 Å². The molecule has 1 heterocycles. The number of ether oxygens (including phenoxy) is 1. The Hall–Kier alpha value is -3.48. The average molecular weight is 363 g/mol. The first-order chi connectivity index (χ1) is 13.0. The predicted molar refractivity (Wildman–Crippen MR) is 106 cm³/mol. The normalized spacial score (nSPS) is 16.9. The third-order valence-corrected chi connectivity index (χ3v) is 3.96. The van der Waals surface area contributed by atoms with Crippen LogP contribution >= 0.6 is 0 Å². The summed E-state index contributed by atoms with van der Waals surface area (Å²) in [5, 5.41) is 10.6. The van der Waals surface area contributed by atoms with Gasteiger partial charge in [-0.3, -0.25) is 10.2 Å². The Morgan fingerprint density at radius 2 is 1.85 bits per heavy atom. The molecule has 2 aromatic rings. The number of hydrogen-bond acceptors (Lipinski definition) is 5. The lowest BCUT2D eigenvalue weighted by atomic mass is 10.0. The molecule has 0 fully saturated rings. The lowest BCUT2D eigenvalue weighted by Crippen LogP contribution is -2.30. The second kappa shape index (κ2) is 7.82. The standard InChI is InChI=1S/C20H21N5O2/c1-12(2)17(21)27-20(22)25-18-19(26)23-15-11-7-6-10-14(15)16(24-18)13-8-4-3-5-9-13/h3-12,18,21H,1-2H3,(H2,22,25)(H,23,26). The average Bonchev–Trinajstić information content (AvgIpc) is 2.79. The van der Waals surface area contributed by atoms with Crippen molar-refractivity contribution in [2.24, 2.45) is 21.6 Å². The largest absolute Gasteiger partial charge is 0.412 e. The number of anilines is 1. The molecular weight excluding hydrogens is 342 g/mol. The van der Waals surface area contributed by atoms with Crippen LogP contribution in [-0.2, 0) is 9.53 Å². The van der Waals surface area contributed by atoms with Crippen LogP contribution in [0.5, 0.6) is 0 Å². The molecule has 3 rings (SSSR count). The van der Waals surface area contributed by atoms with Gasteiger partial charge in [0, 0.05) is 17.0 Å². The molecule has 4 N–H and O–H groups in total. The number of rotatable bonds is 3. The zero-order valence-electron chi connectivity index (χ0n) is 15.1. The van der Waals surface area contributed by atoms with Gasteiger partial charge in [-0.2, -0.15) is 4.99 Å². The van der Waals surface area contributed by atoms with Gasteiger partial charge in [-0.1, -0.05) is 62.4 Å². The molecule has 0 spiro atoms. The molecule has 0 aromatic heterocycles. The number of amidine groups is 1. The van der Waals surface area contributed by atoms with Gasteiger partial charge in [0.05, 0.1) is 11.4 Å². The highest BCUT2D eigenvalue weighted by Crippen LogP contribution is 2.24. The summed E-state index contributed by atoms with van der Waals surface area (Å²) in [4.78, 5) is 21.3. The van der Waals surface area contributed by atoms with Crippen LogP contribution in [0.1, 0.15) is 25.0 Å². The molecule has 27 heavy (non-hydrogen) atoms. The van der Waals surface area contributed by atoms with E-state index in [1.165, 1.54) is 0 Å². The Labute approximate surface area is 157 Å². The van der Waals surface area contributed by atoms with Crippen LogP contribution in [0.15, 0.2) is 64.6 Å². The number of carbonyl (C=O) groups excluding carboxylic acids is 1. The Bertz CT molecular complexity index is 919. The van der Waals surface area contributed by atoms with Gasteiger partial charge in [-0.25, -0.2) is 4.99 Å². The molecule has 1 aliphatic heterocycles. The fourth-order valence-electron chi connectivity index (χ4n) is 2.54. The molecule has 0 aliphatic carbocycles. The van der Waals surface area contributed by atoms with E-state index in [-0.39, 0.29) is 17.8 Å². The molecule has 1 unspecified atom stereocenters. The Morgan fingerprint density at radius 1 is 1.19 bits per heavy atom. The van der Waals surface area contributed by atoms with E-state index in [0.29, 0.717) is 11.4 Å². The van der Waals surface area contributed by atoms with Crippen LogP contribution in [-0.4, -0.2) is 29.7 Å². The zero-order valence-corrected chi connectivity index (χ0v) is 15.1. The van der Waals surface area contributed by atoms with Crippen molar-refractivity contribution in [3.63, 3.8) is 0 Å². The fourth-order valence-corrected chi connectivity index (χ4v) is 2.54. The number of aliphatic imine (C=N–C) groups is 2. The number of para-hydroxylation sites is 1. The highest BCUT2D eigenvalue weighted by molar-refractivity contribution is 6.19. The second-order valence-electron chi connectivity index (χ2n) is 6.34. The van der Waals surface area contributed by atoms with Crippen molar-refractivity contribution in [1.29, 1.82) is 5.41 Å². The van der Waals surface area contributed by atoms with Gasteiger partial charge in [0.15, 0.2) is 5.90 Å². The van der Waals surface area contributed by atoms with E-state index in [4.69, 9.17) is 15.9 Å². The third kappa shape index (κ3) is 4.20. The first-order valence-electron chi connectivity index (χ1n) is 8.58. The maximum atomic E-state index is 12.6. The van der Waals surface area contributed by atoms with E-state index in [0.717, 1.165) is 11.1 Å². The lowest BCUT2D eigenvalue weighted by molar-refractivity contribution is -0.117. The number of nitrogens with two attached hydrogens (primary N) is 1. The molecule has 0 saturated carbocycles. The van der Waals surface area contributed by atoms with E-state index < -0.39 is 12.1 Å². The molecule has 7 nitrogen and oxygen atoms in total. The molecule has 0 saturated heterocycles. The van der Waals surface area contributed by atoms with Crippen LogP contribution in [0, 0.1) is 11.3 Å². The molecule has 1 atom stereocenters. The van der Waals surface area contributed by atoms with Crippen molar-refractivity contribution in [3.05, 3.63) is 65.7 Å². The minimum atomic E-state index is -1.12. The fraction of sp³-hybridized carbons (Fsp3) is 0.200. The van der Waals surface area contributed by atoms with Gasteiger partial charge in [0.2, 0.25) is 6.17 Å². The summed E-state index contributed by atoms with van der Waals surface area (Å²) in [6.07, 6.45) is -1.12. The van der Waals surface area contributed by atoms with Crippen LogP contribution in [0.3, 0.4) is 0 Å². The van der Waals surface area contributed by atoms with Crippen molar-refractivity contribution in [2.75, 3.05) is 5.32 Å². The molecule has 2 aromatic carbocycles. The van der Waals surface area contributed by atoms with Crippen molar-refractivity contribution in [3.8, 4) is 0 Å². The molecule has 1 aliphatic rings. The number of hydrogen-bond donors (Lipinski definition) is 3. The van der Waals surface area contributed by atoms with E-state index in [1.54, 1.807) is 13.8 Å². The number of benzodiazepines with no additional fused rings is 1. The highest BCUT2D eigenvalue weighted by Gasteiger charge is 2.26. The van der Waals surface area contributed by atoms with Gasteiger partial charge in [-0.15, -0.1) is 0 Å². The first-order valence-corrected chi connectivity index (χ1v) is 8.58. The van der Waals surface area contributed by atoms with Crippen molar-refractivity contribution < 1.29 is 9.53 Å². The Kier molecular flexibility index (Phi) is 5.30. The summed E-state index contributed by atoms with van der Waals surface area (Å²) in [5.74, 6) is -0.591. The van der Waals surface area contributed by atoms with E-state index in [9.17, 15) is 4.79 Å². The van der Waals surface area contributed by atoms with Gasteiger partial charge in [0.1, 0.15) is 0 Å². The molecule has 138 valence electrons. The Morgan fingerprint density at radius 3 is 2.56 bits per heavy atom. The van der Waals surface area contributed by atoms with Gasteiger partial charge in [-0.05, 0) is 6.07 Å². The quantitative estimate of drug-likeness (QED) is 0.575. The van der Waals surface area contributed by atoms with Crippen LogP contribution in [0.4, 0.5) is 5.69 Å². The number of benzene rings is 2. The predicted octanol–water partition coefficient (Wildman–Crippen LogP) is 2.77. The minimum Gasteiger partial charge on any atom is -0.412 e. The summed E-state index contributed by atoms with van der Waals surface area (Å²) >= 11 is 0. The van der Waals surface area contributed by atoms with E-state index in [2.05, 4.69) is 15.3 Å². The third-order valence-electron chi connectivity index (χ3n) is 3.96. The topological polar surface area (TPSA) is 113 Å². The zero-order chi connectivity index (χ0) is 19.4. The van der Waals surface area contributed by atoms with Crippen molar-refractivity contribution in [1.82, 2.24) is 0 Å². The van der Waals surface area contributed by atoms with Crippen LogP contribution in [0.25, 0.3) is 0 Å². The monoisotopic (exact) mass is 363 g/mol. The Balaban J connectivity index is 2.03. The lowest BCUT2D eigenvalue weighted by Gasteiger charge is -2.11. The summed E-state index contributed by atoms with van der Waals surface area (Å²) < 4.78 is 5.18. The molecule has 7 heteroatoms. The summed E-state index contributed by atoms with van der Waals surface area (Å²) in [7, 11) is 0. The highest BCUT2D eigenvalue weighted by atomic mass is 16.5. The second-order valence-corrected chi connectivity index (χ2v) is 6.34. The molecule has 0 radical (unpaired) electrons. The number of amides is 1. The molecule has 0 bridgehead atoms. The van der Waals surface area contributed by atoms with Gasteiger partial charge < -0.3 is 15.8 Å². The van der Waals surface area contributed by atoms with E-state index in [1.807, 2.05) is 54.6 Å². The summed E-state index contributed by atoms with van der Waals surface area (Å²) in [6.45, 7) is 3.60. The first kappa shape index (κ1) is 18.3. The molecule has 1 amide bonds. The van der Waals surface area contributed by atoms with Crippen molar-refractivity contribution >= 4 is 29.2 Å². The summed E-state index contributed by atoms with van der Waals surface area (Å²) in [6, 6.07) is 16.7. The minimum absolute atomic E-state index is 0.0270. The van der Waals surface area contributed by atoms with Gasteiger partial charge in [0.25, 0.3) is 11.9 Å². The summed E-state index contributed by atoms with van der Waals surface area (Å²) in [5.41, 5.74) is 8.72. The van der Waals surface area contributed by atoms with Crippen molar-refractivity contribution in [2.45, 2.75) is 20.0 Å². The number of fused-ring (bicyclic) bond motifs is 1. The number of carbonyl (C=O) groups is 1. The van der Waals surface area contributed by atoms with Crippen LogP contribution < -0.4 is 11.1 Å². The SMILES string of the molecule is CC(C)C(=N)OC(N)=NC1N=C(c2ccccc2)c2ccccc2NC1=O. The maximum Gasteiger partial charge on any atom is 0.291 e. The smallest absolute Gasteiger partial charge is 0.291 e. The number of nitrogens with one attached hydrogen (secondary N) is 2.